The molecule has 1 heterocycles. The average molecular weight is 395 g/mol. The van der Waals surface area contributed by atoms with Crippen LogP contribution in [0.2, 0.25) is 0 Å². The van der Waals surface area contributed by atoms with Gasteiger partial charge in [-0.05, 0) is 47.5 Å². The second-order valence-electron chi connectivity index (χ2n) is 6.57. The van der Waals surface area contributed by atoms with Gasteiger partial charge in [0.05, 0.1) is 22.3 Å². The van der Waals surface area contributed by atoms with Crippen molar-refractivity contribution in [3.63, 3.8) is 0 Å². The van der Waals surface area contributed by atoms with E-state index in [0.717, 1.165) is 22.5 Å². The van der Waals surface area contributed by atoms with Crippen molar-refractivity contribution in [1.29, 1.82) is 0 Å². The molecule has 1 aliphatic heterocycles. The van der Waals surface area contributed by atoms with Crippen molar-refractivity contribution < 1.29 is 12.8 Å². The molecule has 2 N–H and O–H groups in total. The lowest BCUT2D eigenvalue weighted by molar-refractivity contribution is 0.597. The number of hydrogen-bond donors (Lipinski definition) is 1. The monoisotopic (exact) mass is 395 g/mol. The molecule has 3 aromatic carbocycles. The van der Waals surface area contributed by atoms with Crippen LogP contribution in [0.5, 0.6) is 0 Å². The average Bonchev–Trinajstić information content (AvgIpc) is 3.14. The van der Waals surface area contributed by atoms with Crippen molar-refractivity contribution in [3.05, 3.63) is 95.8 Å². The molecule has 0 aromatic heterocycles. The summed E-state index contributed by atoms with van der Waals surface area (Å²) >= 11 is 0. The number of primary sulfonamides is 1. The maximum absolute atomic E-state index is 13.4. The molecule has 0 bridgehead atoms. The Hall–Kier alpha value is -3.03. The first kappa shape index (κ1) is 18.3. The quantitative estimate of drug-likeness (QED) is 0.729. The predicted molar refractivity (Wildman–Crippen MR) is 107 cm³/mol. The molecule has 0 spiro atoms. The minimum atomic E-state index is -3.76. The van der Waals surface area contributed by atoms with Gasteiger partial charge in [0.1, 0.15) is 5.82 Å². The van der Waals surface area contributed by atoms with E-state index in [-0.39, 0.29) is 16.8 Å². The Morgan fingerprint density at radius 3 is 2.18 bits per heavy atom. The van der Waals surface area contributed by atoms with Gasteiger partial charge in [-0.25, -0.2) is 17.9 Å². The molecule has 0 amide bonds. The number of nitrogens with zero attached hydrogens (tertiary/aromatic N) is 2. The summed E-state index contributed by atoms with van der Waals surface area (Å²) in [5, 5.41) is 11.8. The Labute approximate surface area is 163 Å². The third kappa shape index (κ3) is 3.67. The third-order valence-electron chi connectivity index (χ3n) is 4.70. The summed E-state index contributed by atoms with van der Waals surface area (Å²) in [6.45, 7) is 0. The van der Waals surface area contributed by atoms with E-state index in [1.54, 1.807) is 24.3 Å². The van der Waals surface area contributed by atoms with Crippen LogP contribution in [0.3, 0.4) is 0 Å². The third-order valence-corrected chi connectivity index (χ3v) is 5.63. The van der Waals surface area contributed by atoms with Crippen LogP contribution >= 0.6 is 0 Å². The maximum Gasteiger partial charge on any atom is 0.238 e. The lowest BCUT2D eigenvalue weighted by atomic mass is 9.98. The first-order chi connectivity index (χ1) is 13.4. The van der Waals surface area contributed by atoms with Gasteiger partial charge >= 0.3 is 0 Å². The number of nitrogens with two attached hydrogens (primary N) is 1. The van der Waals surface area contributed by atoms with Crippen LogP contribution in [0.1, 0.15) is 23.6 Å². The van der Waals surface area contributed by atoms with Gasteiger partial charge in [0.25, 0.3) is 0 Å². The second kappa shape index (κ2) is 7.18. The smallest absolute Gasteiger partial charge is 0.238 e. The normalized spacial score (nSPS) is 16.9. The van der Waals surface area contributed by atoms with Crippen LogP contribution in [0.25, 0.3) is 0 Å². The van der Waals surface area contributed by atoms with Crippen molar-refractivity contribution in [2.75, 3.05) is 5.01 Å². The highest BCUT2D eigenvalue weighted by molar-refractivity contribution is 7.89. The van der Waals surface area contributed by atoms with Gasteiger partial charge in [-0.2, -0.15) is 5.10 Å². The van der Waals surface area contributed by atoms with Crippen LogP contribution in [-0.2, 0) is 10.0 Å². The highest BCUT2D eigenvalue weighted by atomic mass is 32.2. The van der Waals surface area contributed by atoms with Crippen LogP contribution in [0, 0.1) is 5.82 Å². The molecule has 0 aliphatic carbocycles. The Balaban J connectivity index is 1.74. The van der Waals surface area contributed by atoms with E-state index < -0.39 is 10.0 Å². The first-order valence-corrected chi connectivity index (χ1v) is 10.3. The molecular formula is C21H18FN3O2S. The molecule has 142 valence electrons. The molecule has 3 aromatic rings. The summed E-state index contributed by atoms with van der Waals surface area (Å²) < 4.78 is 36.4. The van der Waals surface area contributed by atoms with Gasteiger partial charge in [-0.15, -0.1) is 0 Å². The summed E-state index contributed by atoms with van der Waals surface area (Å²) in [4.78, 5) is 0.0426. The van der Waals surface area contributed by atoms with E-state index in [0.29, 0.717) is 6.42 Å². The molecule has 5 nitrogen and oxygen atoms in total. The summed E-state index contributed by atoms with van der Waals surface area (Å²) in [5.41, 5.74) is 3.57. The van der Waals surface area contributed by atoms with E-state index in [1.807, 2.05) is 35.3 Å². The van der Waals surface area contributed by atoms with Crippen LogP contribution in [-0.4, -0.2) is 14.1 Å². The molecule has 1 atom stereocenters. The Morgan fingerprint density at radius 2 is 1.57 bits per heavy atom. The van der Waals surface area contributed by atoms with Crippen LogP contribution in [0.4, 0.5) is 10.1 Å². The van der Waals surface area contributed by atoms with Gasteiger partial charge < -0.3 is 0 Å². The molecule has 0 saturated heterocycles. The number of hydrazone groups is 1. The van der Waals surface area contributed by atoms with Crippen molar-refractivity contribution in [1.82, 2.24) is 0 Å². The van der Waals surface area contributed by atoms with E-state index >= 15 is 0 Å². The molecule has 1 aliphatic rings. The number of benzene rings is 3. The summed E-state index contributed by atoms with van der Waals surface area (Å²) in [6.07, 6.45) is 0.645. The fourth-order valence-corrected chi connectivity index (χ4v) is 3.80. The predicted octanol–water partition coefficient (Wildman–Crippen LogP) is 3.83. The van der Waals surface area contributed by atoms with Gasteiger partial charge in [-0.3, -0.25) is 5.01 Å². The zero-order chi connectivity index (χ0) is 19.7. The molecule has 28 heavy (non-hydrogen) atoms. The van der Waals surface area contributed by atoms with E-state index in [1.165, 1.54) is 24.3 Å². The zero-order valence-corrected chi connectivity index (χ0v) is 15.7. The molecular weight excluding hydrogens is 377 g/mol. The van der Waals surface area contributed by atoms with Crippen molar-refractivity contribution in [3.8, 4) is 0 Å². The number of rotatable bonds is 4. The lowest BCUT2D eigenvalue weighted by Crippen LogP contribution is -2.19. The molecule has 0 saturated carbocycles. The number of hydrogen-bond acceptors (Lipinski definition) is 4. The highest BCUT2D eigenvalue weighted by Crippen LogP contribution is 2.37. The largest absolute Gasteiger partial charge is 0.257 e. The van der Waals surface area contributed by atoms with E-state index in [4.69, 9.17) is 10.2 Å². The zero-order valence-electron chi connectivity index (χ0n) is 14.9. The van der Waals surface area contributed by atoms with Crippen LogP contribution < -0.4 is 10.1 Å². The Morgan fingerprint density at radius 1 is 0.929 bits per heavy atom. The van der Waals surface area contributed by atoms with Crippen molar-refractivity contribution in [2.24, 2.45) is 10.2 Å². The maximum atomic E-state index is 13.4. The SMILES string of the molecule is NS(=O)(=O)c1ccc(N2N=C(c3ccccc3)C[C@H]2c2ccc(F)cc2)cc1. The van der Waals surface area contributed by atoms with Gasteiger partial charge in [0.15, 0.2) is 0 Å². The lowest BCUT2D eigenvalue weighted by Gasteiger charge is -2.24. The summed E-state index contributed by atoms with van der Waals surface area (Å²) in [5.74, 6) is -0.296. The molecule has 7 heteroatoms. The van der Waals surface area contributed by atoms with Crippen molar-refractivity contribution >= 4 is 21.4 Å². The van der Waals surface area contributed by atoms with E-state index in [9.17, 15) is 12.8 Å². The molecule has 0 unspecified atom stereocenters. The molecule has 0 fully saturated rings. The highest BCUT2D eigenvalue weighted by Gasteiger charge is 2.30. The summed E-state index contributed by atoms with van der Waals surface area (Å²) in [7, 11) is -3.76. The second-order valence-corrected chi connectivity index (χ2v) is 8.13. The topological polar surface area (TPSA) is 75.8 Å². The van der Waals surface area contributed by atoms with Crippen LogP contribution in [0.15, 0.2) is 88.9 Å². The number of sulfonamides is 1. The van der Waals surface area contributed by atoms with Gasteiger partial charge in [-0.1, -0.05) is 42.5 Å². The van der Waals surface area contributed by atoms with Crippen molar-refractivity contribution in [2.45, 2.75) is 17.4 Å². The number of halogens is 1. The van der Waals surface area contributed by atoms with E-state index in [2.05, 4.69) is 0 Å². The minimum absolute atomic E-state index is 0.0426. The number of anilines is 1. The standard InChI is InChI=1S/C21H18FN3O2S/c22-17-8-6-16(7-9-17)21-14-20(15-4-2-1-3-5-15)24-25(21)18-10-12-19(13-11-18)28(23,26)27/h1-13,21H,14H2,(H2,23,26,27)/t21-/m0/s1. The molecule has 0 radical (unpaired) electrons. The van der Waals surface area contributed by atoms with Gasteiger partial charge in [0, 0.05) is 6.42 Å². The fourth-order valence-electron chi connectivity index (χ4n) is 3.29. The fraction of sp³-hybridized carbons (Fsp3) is 0.0952. The Bertz CT molecular complexity index is 1110. The Kier molecular flexibility index (Phi) is 4.70. The summed E-state index contributed by atoms with van der Waals surface area (Å²) in [6, 6.07) is 22.3. The molecule has 4 rings (SSSR count). The van der Waals surface area contributed by atoms with Gasteiger partial charge in [0.2, 0.25) is 10.0 Å². The first-order valence-electron chi connectivity index (χ1n) is 8.72. The minimum Gasteiger partial charge on any atom is -0.257 e.